The van der Waals surface area contributed by atoms with Gasteiger partial charge >= 0.3 is 0 Å². The van der Waals surface area contributed by atoms with Crippen LogP contribution >= 0.6 is 0 Å². The second-order valence-electron chi connectivity index (χ2n) is 5.45. The van der Waals surface area contributed by atoms with E-state index in [4.69, 9.17) is 2.74 Å². The minimum absolute atomic E-state index is 0.684. The molecule has 0 unspecified atom stereocenters. The fourth-order valence-electron chi connectivity index (χ4n) is 2.62. The summed E-state index contributed by atoms with van der Waals surface area (Å²) in [6, 6.07) is 23.8. The van der Waals surface area contributed by atoms with Gasteiger partial charge in [-0.25, -0.2) is 0 Å². The van der Waals surface area contributed by atoms with Gasteiger partial charge in [-0.05, 0) is 42.5 Å². The van der Waals surface area contributed by atoms with Crippen LogP contribution in [0.15, 0.2) is 72.8 Å². The van der Waals surface area contributed by atoms with Crippen molar-refractivity contribution in [2.75, 3.05) is 0 Å². The summed E-state index contributed by atoms with van der Waals surface area (Å²) in [7, 11) is 0. The van der Waals surface area contributed by atoms with Crippen molar-refractivity contribution in [3.63, 3.8) is 0 Å². The molecule has 0 nitrogen and oxygen atoms in total. The Morgan fingerprint density at radius 2 is 1.33 bits per heavy atom. The summed E-state index contributed by atoms with van der Waals surface area (Å²) in [6.07, 6.45) is -1.51. The molecule has 0 saturated carbocycles. The molecule has 0 fully saturated rings. The second-order valence-corrected chi connectivity index (χ2v) is 5.45. The zero-order valence-corrected chi connectivity index (χ0v) is 12.4. The largest absolute Gasteiger partial charge is 0.0622 e. The van der Waals surface area contributed by atoms with E-state index < -0.39 is 6.37 Å². The van der Waals surface area contributed by atoms with E-state index in [9.17, 15) is 0 Å². The average molecular weight is 274 g/mol. The molecule has 0 N–H and O–H groups in total. The Balaban J connectivity index is 2.07. The van der Waals surface area contributed by atoms with Crippen molar-refractivity contribution >= 4 is 0 Å². The minimum Gasteiger partial charge on any atom is -0.0622 e. The molecule has 21 heavy (non-hydrogen) atoms. The van der Waals surface area contributed by atoms with Crippen LogP contribution in [0.25, 0.3) is 11.1 Å². The smallest absolute Gasteiger partial charge is 0.0366 e. The van der Waals surface area contributed by atoms with Gasteiger partial charge in [-0.2, -0.15) is 0 Å². The van der Waals surface area contributed by atoms with Gasteiger partial charge in [0.15, 0.2) is 0 Å². The van der Waals surface area contributed by atoms with E-state index in [0.29, 0.717) is 11.1 Å². The van der Waals surface area contributed by atoms with Crippen molar-refractivity contribution in [2.24, 2.45) is 0 Å². The Labute approximate surface area is 129 Å². The van der Waals surface area contributed by atoms with Gasteiger partial charge in [-0.3, -0.25) is 0 Å². The van der Waals surface area contributed by atoms with Crippen molar-refractivity contribution < 1.29 is 2.74 Å². The second kappa shape index (κ2) is 5.97. The van der Waals surface area contributed by atoms with Crippen LogP contribution in [-0.4, -0.2) is 0 Å². The molecule has 0 aromatic heterocycles. The Morgan fingerprint density at radius 3 is 2.05 bits per heavy atom. The van der Waals surface area contributed by atoms with E-state index in [0.717, 1.165) is 22.3 Å². The first-order chi connectivity index (χ1) is 11.0. The van der Waals surface area contributed by atoms with E-state index in [1.54, 1.807) is 0 Å². The summed E-state index contributed by atoms with van der Waals surface area (Å²) < 4.78 is 17.3. The standard InChI is InChI=1S/C21H20/c1-16-11-17(2)13-19(12-16)14-18-7-6-10-21(15-18)20-8-4-3-5-9-20/h3-13,15H,14H2,1-2H3/i14D2. The molecule has 0 spiro atoms. The summed E-state index contributed by atoms with van der Waals surface area (Å²) >= 11 is 0. The van der Waals surface area contributed by atoms with Gasteiger partial charge < -0.3 is 0 Å². The van der Waals surface area contributed by atoms with E-state index in [1.807, 2.05) is 80.6 Å². The Morgan fingerprint density at radius 1 is 0.667 bits per heavy atom. The van der Waals surface area contributed by atoms with Gasteiger partial charge in [0.05, 0.1) is 0 Å². The van der Waals surface area contributed by atoms with Crippen LogP contribution in [-0.2, 0) is 6.37 Å². The highest BCUT2D eigenvalue weighted by atomic mass is 14.1. The summed E-state index contributed by atoms with van der Waals surface area (Å²) in [6.45, 7) is 4.01. The highest BCUT2D eigenvalue weighted by Crippen LogP contribution is 2.22. The zero-order chi connectivity index (χ0) is 16.4. The lowest BCUT2D eigenvalue weighted by atomic mass is 9.97. The normalized spacial score (nSPS) is 12.7. The van der Waals surface area contributed by atoms with Crippen LogP contribution in [0, 0.1) is 13.8 Å². The van der Waals surface area contributed by atoms with E-state index in [-0.39, 0.29) is 0 Å². The summed E-state index contributed by atoms with van der Waals surface area (Å²) in [5.41, 5.74) is 5.71. The number of rotatable bonds is 3. The number of hydrogen-bond acceptors (Lipinski definition) is 0. The molecule has 0 heteroatoms. The molecule has 0 atom stereocenters. The van der Waals surface area contributed by atoms with Crippen LogP contribution in [0.2, 0.25) is 0 Å². The summed E-state index contributed by atoms with van der Waals surface area (Å²) in [5.74, 6) is 0. The molecule has 0 saturated heterocycles. The molecule has 0 aliphatic rings. The zero-order valence-electron chi connectivity index (χ0n) is 14.4. The average Bonchev–Trinajstić information content (AvgIpc) is 2.55. The van der Waals surface area contributed by atoms with Crippen molar-refractivity contribution in [1.82, 2.24) is 0 Å². The van der Waals surface area contributed by atoms with Gasteiger partial charge in [0.25, 0.3) is 0 Å². The predicted octanol–water partition coefficient (Wildman–Crippen LogP) is 5.56. The lowest BCUT2D eigenvalue weighted by Gasteiger charge is -2.08. The van der Waals surface area contributed by atoms with Crippen molar-refractivity contribution in [2.45, 2.75) is 20.2 Å². The Bertz CT molecular complexity index is 800. The monoisotopic (exact) mass is 274 g/mol. The molecule has 104 valence electrons. The quantitative estimate of drug-likeness (QED) is 0.586. The first kappa shape index (κ1) is 11.3. The third kappa shape index (κ3) is 3.41. The van der Waals surface area contributed by atoms with E-state index >= 15 is 0 Å². The lowest BCUT2D eigenvalue weighted by Crippen LogP contribution is -1.91. The van der Waals surface area contributed by atoms with Crippen LogP contribution in [0.3, 0.4) is 0 Å². The van der Waals surface area contributed by atoms with Crippen molar-refractivity contribution in [3.8, 4) is 11.1 Å². The van der Waals surface area contributed by atoms with Crippen LogP contribution in [0.5, 0.6) is 0 Å². The van der Waals surface area contributed by atoms with Crippen LogP contribution in [0.4, 0.5) is 0 Å². The predicted molar refractivity (Wildman–Crippen MR) is 90.6 cm³/mol. The summed E-state index contributed by atoms with van der Waals surface area (Å²) in [4.78, 5) is 0. The van der Waals surface area contributed by atoms with Crippen molar-refractivity contribution in [3.05, 3.63) is 95.1 Å². The third-order valence-electron chi connectivity index (χ3n) is 3.48. The number of hydrogen-bond donors (Lipinski definition) is 0. The van der Waals surface area contributed by atoms with Crippen molar-refractivity contribution in [1.29, 1.82) is 0 Å². The molecule has 0 aliphatic carbocycles. The SMILES string of the molecule is [2H]C([2H])(c1cc(C)cc(C)c1)c1cccc(-c2ccccc2)c1. The maximum absolute atomic E-state index is 8.63. The molecular weight excluding hydrogens is 252 g/mol. The maximum atomic E-state index is 8.63. The molecule has 3 aromatic rings. The minimum atomic E-state index is -1.51. The van der Waals surface area contributed by atoms with E-state index in [1.165, 1.54) is 0 Å². The molecule has 0 amide bonds. The number of aryl methyl sites for hydroxylation is 2. The van der Waals surface area contributed by atoms with Crippen LogP contribution < -0.4 is 0 Å². The summed E-state index contributed by atoms with van der Waals surface area (Å²) in [5, 5.41) is 0. The topological polar surface area (TPSA) is 0 Å². The first-order valence-electron chi connectivity index (χ1n) is 8.21. The van der Waals surface area contributed by atoms with Crippen LogP contribution in [0.1, 0.15) is 25.0 Å². The third-order valence-corrected chi connectivity index (χ3v) is 3.48. The molecule has 3 aromatic carbocycles. The fourth-order valence-corrected chi connectivity index (χ4v) is 2.62. The van der Waals surface area contributed by atoms with E-state index in [2.05, 4.69) is 6.07 Å². The lowest BCUT2D eigenvalue weighted by molar-refractivity contribution is 1.17. The van der Waals surface area contributed by atoms with Gasteiger partial charge in [-0.1, -0.05) is 83.9 Å². The molecular formula is C21H20. The van der Waals surface area contributed by atoms with Gasteiger partial charge in [0.1, 0.15) is 0 Å². The Kier molecular flexibility index (Phi) is 3.22. The Hall–Kier alpha value is -2.34. The highest BCUT2D eigenvalue weighted by Gasteiger charge is 2.01. The van der Waals surface area contributed by atoms with Gasteiger partial charge in [0, 0.05) is 2.74 Å². The number of benzene rings is 3. The molecule has 3 rings (SSSR count). The molecule has 0 bridgehead atoms. The first-order valence-corrected chi connectivity index (χ1v) is 7.21. The molecule has 0 radical (unpaired) electrons. The highest BCUT2D eigenvalue weighted by molar-refractivity contribution is 5.64. The molecule has 0 heterocycles. The molecule has 0 aliphatic heterocycles. The van der Waals surface area contributed by atoms with Gasteiger partial charge in [-0.15, -0.1) is 0 Å². The van der Waals surface area contributed by atoms with Gasteiger partial charge in [0.2, 0.25) is 0 Å². The maximum Gasteiger partial charge on any atom is 0.0366 e. The fraction of sp³-hybridized carbons (Fsp3) is 0.143.